The highest BCUT2D eigenvalue weighted by atomic mass is 16.3. The van der Waals surface area contributed by atoms with Gasteiger partial charge < -0.3 is 10.2 Å². The zero-order chi connectivity index (χ0) is 21.4. The molecule has 0 saturated heterocycles. The van der Waals surface area contributed by atoms with Crippen molar-refractivity contribution in [3.8, 4) is 0 Å². The lowest BCUT2D eigenvalue weighted by Crippen LogP contribution is -2.54. The Bertz CT molecular complexity index is 873. The highest BCUT2D eigenvalue weighted by molar-refractivity contribution is 5.59. The normalized spacial score (nSPS) is 47.1. The number of hydrogen-bond acceptors (Lipinski definition) is 3. The van der Waals surface area contributed by atoms with E-state index in [9.17, 15) is 10.2 Å². The number of aliphatic hydroxyl groups excluding tert-OH is 2. The lowest BCUT2D eigenvalue weighted by molar-refractivity contribution is -0.133. The summed E-state index contributed by atoms with van der Waals surface area (Å²) in [6.45, 7) is 9.10. The molecule has 8 atom stereocenters. The van der Waals surface area contributed by atoms with Gasteiger partial charge in [-0.05, 0) is 106 Å². The van der Waals surface area contributed by atoms with E-state index in [1.807, 2.05) is 11.7 Å². The Morgan fingerprint density at radius 2 is 1.73 bits per heavy atom. The van der Waals surface area contributed by atoms with E-state index in [1.54, 1.807) is 0 Å². The van der Waals surface area contributed by atoms with Crippen molar-refractivity contribution in [2.24, 2.45) is 41.5 Å². The maximum atomic E-state index is 11.5. The van der Waals surface area contributed by atoms with Crippen molar-refractivity contribution < 1.29 is 10.2 Å². The van der Waals surface area contributed by atoms with E-state index in [0.717, 1.165) is 43.2 Å². The summed E-state index contributed by atoms with van der Waals surface area (Å²) in [6.07, 6.45) is 11.0. The van der Waals surface area contributed by atoms with Crippen molar-refractivity contribution in [1.29, 1.82) is 0 Å². The van der Waals surface area contributed by atoms with E-state index in [4.69, 9.17) is 0 Å². The maximum Gasteiger partial charge on any atom is 0.0809 e. The lowest BCUT2D eigenvalue weighted by Gasteiger charge is -2.60. The minimum absolute atomic E-state index is 0.00833. The predicted octanol–water partition coefficient (Wildman–Crippen LogP) is 4.79. The first kappa shape index (κ1) is 20.8. The molecule has 4 nitrogen and oxygen atoms in total. The van der Waals surface area contributed by atoms with Crippen LogP contribution in [0.1, 0.15) is 82.2 Å². The number of nitrogens with zero attached hydrogens (tertiary/aromatic N) is 2. The molecule has 0 aromatic carbocycles. The van der Waals surface area contributed by atoms with E-state index < -0.39 is 0 Å². The van der Waals surface area contributed by atoms with E-state index in [-0.39, 0.29) is 17.6 Å². The third-order valence-corrected chi connectivity index (χ3v) is 10.4. The fourth-order valence-corrected chi connectivity index (χ4v) is 8.42. The first-order valence-corrected chi connectivity index (χ1v) is 12.2. The van der Waals surface area contributed by atoms with Crippen LogP contribution in [-0.2, 0) is 7.05 Å². The molecule has 0 bridgehead atoms. The van der Waals surface area contributed by atoms with E-state index in [1.165, 1.54) is 42.5 Å². The second-order valence-corrected chi connectivity index (χ2v) is 11.7. The third kappa shape index (κ3) is 2.82. The number of aryl methyl sites for hydroxylation is 2. The molecule has 0 spiro atoms. The molecule has 4 fully saturated rings. The Balaban J connectivity index is 1.46. The van der Waals surface area contributed by atoms with Gasteiger partial charge in [0.15, 0.2) is 0 Å². The van der Waals surface area contributed by atoms with Crippen LogP contribution in [0, 0.1) is 48.3 Å². The van der Waals surface area contributed by atoms with Crippen molar-refractivity contribution in [3.63, 3.8) is 0 Å². The Morgan fingerprint density at radius 3 is 2.43 bits per heavy atom. The molecule has 1 aromatic heterocycles. The number of hydrogen-bond donors (Lipinski definition) is 2. The fourth-order valence-electron chi connectivity index (χ4n) is 8.42. The standard InChI is InChI=1S/C26H40N2O2/c1-15-21(16(2)28(5)27-15)12-17-13-23-20-7-6-18-14-19(29)8-10-25(18,3)22(20)9-11-26(23,4)24(17)30/h12,18-20,22-24,29-30H,6-11,13-14H2,1-5H3/b17-12+/t18-,19-,20+,22-,23-,24+,25-,26-/m0/s1. The van der Waals surface area contributed by atoms with Crippen LogP contribution in [0.25, 0.3) is 6.08 Å². The van der Waals surface area contributed by atoms with Crippen molar-refractivity contribution in [3.05, 3.63) is 22.5 Å². The molecule has 0 radical (unpaired) electrons. The molecular weight excluding hydrogens is 372 g/mol. The molecule has 4 aliphatic carbocycles. The Kier molecular flexibility index (Phi) is 4.80. The summed E-state index contributed by atoms with van der Waals surface area (Å²) in [4.78, 5) is 0. The minimum Gasteiger partial charge on any atom is -0.393 e. The van der Waals surface area contributed by atoms with Crippen molar-refractivity contribution in [2.75, 3.05) is 0 Å². The minimum atomic E-state index is -0.332. The maximum absolute atomic E-state index is 11.5. The van der Waals surface area contributed by atoms with Crippen LogP contribution >= 0.6 is 0 Å². The number of fused-ring (bicyclic) bond motifs is 5. The van der Waals surface area contributed by atoms with Gasteiger partial charge in [0.25, 0.3) is 0 Å². The summed E-state index contributed by atoms with van der Waals surface area (Å²) in [5, 5.41) is 26.3. The van der Waals surface area contributed by atoms with Crippen LogP contribution < -0.4 is 0 Å². The first-order valence-electron chi connectivity index (χ1n) is 12.2. The van der Waals surface area contributed by atoms with Gasteiger partial charge in [0.2, 0.25) is 0 Å². The van der Waals surface area contributed by atoms with Crippen LogP contribution in [0.5, 0.6) is 0 Å². The molecule has 4 heteroatoms. The van der Waals surface area contributed by atoms with Crippen LogP contribution in [-0.4, -0.2) is 32.2 Å². The number of rotatable bonds is 1. The van der Waals surface area contributed by atoms with Gasteiger partial charge in [-0.1, -0.05) is 13.8 Å². The molecule has 0 amide bonds. The van der Waals surface area contributed by atoms with E-state index >= 15 is 0 Å². The molecule has 166 valence electrons. The zero-order valence-electron chi connectivity index (χ0n) is 19.5. The highest BCUT2D eigenvalue weighted by Crippen LogP contribution is 2.67. The Hall–Kier alpha value is -1.13. The molecule has 1 aromatic rings. The molecule has 2 N–H and O–H groups in total. The summed E-state index contributed by atoms with van der Waals surface area (Å²) < 4.78 is 1.95. The Morgan fingerprint density at radius 1 is 1.00 bits per heavy atom. The summed E-state index contributed by atoms with van der Waals surface area (Å²) in [5.41, 5.74) is 5.06. The van der Waals surface area contributed by atoms with Crippen LogP contribution in [0.2, 0.25) is 0 Å². The predicted molar refractivity (Wildman–Crippen MR) is 120 cm³/mol. The van der Waals surface area contributed by atoms with Crippen LogP contribution in [0.3, 0.4) is 0 Å². The van der Waals surface area contributed by atoms with Gasteiger partial charge in [0.1, 0.15) is 0 Å². The summed E-state index contributed by atoms with van der Waals surface area (Å²) in [6, 6.07) is 0. The van der Waals surface area contributed by atoms with Gasteiger partial charge in [-0.3, -0.25) is 4.68 Å². The second-order valence-electron chi connectivity index (χ2n) is 11.7. The summed E-state index contributed by atoms with van der Waals surface area (Å²) in [5.74, 6) is 2.75. The molecule has 1 heterocycles. The molecule has 5 rings (SSSR count). The molecular formula is C26H40N2O2. The second kappa shape index (κ2) is 6.93. The first-order chi connectivity index (χ1) is 14.1. The average Bonchev–Trinajstić information content (AvgIpc) is 3.10. The molecule has 4 saturated carbocycles. The van der Waals surface area contributed by atoms with E-state index in [0.29, 0.717) is 17.3 Å². The number of aromatic nitrogens is 2. The fraction of sp³-hybridized carbons (Fsp3) is 0.808. The molecule has 4 aliphatic rings. The topological polar surface area (TPSA) is 58.3 Å². The molecule has 30 heavy (non-hydrogen) atoms. The van der Waals surface area contributed by atoms with Crippen LogP contribution in [0.4, 0.5) is 0 Å². The summed E-state index contributed by atoms with van der Waals surface area (Å²) >= 11 is 0. The quantitative estimate of drug-likeness (QED) is 0.697. The monoisotopic (exact) mass is 412 g/mol. The lowest BCUT2D eigenvalue weighted by atomic mass is 9.45. The SMILES string of the molecule is Cc1nn(C)c(C)c1/C=C1\C[C@H]2[C@@H]3CC[C@H]4C[C@@H](O)CC[C@]4(C)[C@H]3CC[C@]2(C)[C@@H]1O. The van der Waals surface area contributed by atoms with Crippen molar-refractivity contribution >= 4 is 6.08 Å². The zero-order valence-corrected chi connectivity index (χ0v) is 19.5. The highest BCUT2D eigenvalue weighted by Gasteiger charge is 2.61. The molecule has 0 aliphatic heterocycles. The van der Waals surface area contributed by atoms with Crippen molar-refractivity contribution in [2.45, 2.75) is 91.3 Å². The smallest absolute Gasteiger partial charge is 0.0809 e. The molecule has 0 unspecified atom stereocenters. The van der Waals surface area contributed by atoms with Gasteiger partial charge in [-0.2, -0.15) is 5.10 Å². The van der Waals surface area contributed by atoms with E-state index in [2.05, 4.69) is 38.9 Å². The van der Waals surface area contributed by atoms with Crippen LogP contribution in [0.15, 0.2) is 5.57 Å². The summed E-state index contributed by atoms with van der Waals surface area (Å²) in [7, 11) is 2.00. The van der Waals surface area contributed by atoms with Gasteiger partial charge in [-0.25, -0.2) is 0 Å². The largest absolute Gasteiger partial charge is 0.393 e. The van der Waals surface area contributed by atoms with Gasteiger partial charge >= 0.3 is 0 Å². The Labute approximate surface area is 181 Å². The van der Waals surface area contributed by atoms with Gasteiger partial charge in [0.05, 0.1) is 17.9 Å². The third-order valence-electron chi connectivity index (χ3n) is 10.4. The number of aliphatic hydroxyl groups is 2. The van der Waals surface area contributed by atoms with Gasteiger partial charge in [0, 0.05) is 23.7 Å². The van der Waals surface area contributed by atoms with Gasteiger partial charge in [-0.15, -0.1) is 0 Å². The van der Waals surface area contributed by atoms with Crippen molar-refractivity contribution in [1.82, 2.24) is 9.78 Å². The average molecular weight is 413 g/mol.